The number of nitrogens with one attached hydrogen (secondary N) is 1. The van der Waals surface area contributed by atoms with Crippen LogP contribution in [0.4, 0.5) is 0 Å². The number of ketones is 1. The van der Waals surface area contributed by atoms with Crippen molar-refractivity contribution in [2.75, 3.05) is 0 Å². The van der Waals surface area contributed by atoms with Crippen LogP contribution in [-0.4, -0.2) is 10.8 Å². The van der Waals surface area contributed by atoms with Gasteiger partial charge < -0.3 is 4.98 Å². The zero-order chi connectivity index (χ0) is 14.0. The minimum Gasteiger partial charge on any atom is -0.356 e. The number of hydrogen-bond acceptors (Lipinski definition) is 1. The highest BCUT2D eigenvalue weighted by Crippen LogP contribution is 2.57. The Labute approximate surface area is 121 Å². The summed E-state index contributed by atoms with van der Waals surface area (Å²) in [4.78, 5) is 16.5. The molecule has 1 N–H and O–H groups in total. The molecular formula is C18H25NO. The number of rotatable bonds is 2. The number of carbonyl (C=O) groups excluding carboxylic acids is 1. The quantitative estimate of drug-likeness (QED) is 0.804. The lowest BCUT2D eigenvalue weighted by Gasteiger charge is -2.53. The summed E-state index contributed by atoms with van der Waals surface area (Å²) in [6, 6.07) is 0. The fourth-order valence-electron chi connectivity index (χ4n) is 5.61. The van der Waals surface area contributed by atoms with Gasteiger partial charge >= 0.3 is 0 Å². The maximum Gasteiger partial charge on any atom is 0.182 e. The Hall–Kier alpha value is -1.05. The smallest absolute Gasteiger partial charge is 0.182 e. The lowest BCUT2D eigenvalue weighted by Crippen LogP contribution is -2.48. The molecule has 0 aromatic carbocycles. The van der Waals surface area contributed by atoms with Gasteiger partial charge in [0.15, 0.2) is 5.78 Å². The van der Waals surface area contributed by atoms with Crippen molar-refractivity contribution in [2.45, 2.75) is 52.9 Å². The van der Waals surface area contributed by atoms with E-state index in [0.29, 0.717) is 23.5 Å². The molecule has 4 fully saturated rings. The van der Waals surface area contributed by atoms with Crippen molar-refractivity contribution >= 4 is 5.78 Å². The van der Waals surface area contributed by atoms with Crippen molar-refractivity contribution in [1.29, 1.82) is 0 Å². The van der Waals surface area contributed by atoms with Crippen molar-refractivity contribution in [3.05, 3.63) is 22.5 Å². The third kappa shape index (κ3) is 1.66. The number of H-pyrrole nitrogens is 1. The Morgan fingerprint density at radius 2 is 1.45 bits per heavy atom. The lowest BCUT2D eigenvalue weighted by atomic mass is 9.51. The van der Waals surface area contributed by atoms with E-state index in [1.54, 1.807) is 0 Å². The van der Waals surface area contributed by atoms with Crippen molar-refractivity contribution in [3.63, 3.8) is 0 Å². The molecule has 0 radical (unpaired) electrons. The first kappa shape index (κ1) is 12.7. The van der Waals surface area contributed by atoms with E-state index in [-0.39, 0.29) is 0 Å². The summed E-state index contributed by atoms with van der Waals surface area (Å²) in [5.74, 6) is 3.99. The van der Waals surface area contributed by atoms with Crippen LogP contribution in [0.3, 0.4) is 0 Å². The topological polar surface area (TPSA) is 32.9 Å². The summed E-state index contributed by atoms with van der Waals surface area (Å²) in [6.45, 7) is 6.30. The van der Waals surface area contributed by atoms with Crippen LogP contribution >= 0.6 is 0 Å². The van der Waals surface area contributed by atoms with Gasteiger partial charge in [0.25, 0.3) is 0 Å². The maximum absolute atomic E-state index is 13.1. The van der Waals surface area contributed by atoms with E-state index in [2.05, 4.69) is 25.8 Å². The van der Waals surface area contributed by atoms with Crippen LogP contribution in [0.5, 0.6) is 0 Å². The Morgan fingerprint density at radius 1 is 0.900 bits per heavy atom. The Balaban J connectivity index is 1.67. The normalized spacial score (nSPS) is 38.5. The fraction of sp³-hybridized carbons (Fsp3) is 0.722. The van der Waals surface area contributed by atoms with Gasteiger partial charge in [-0.3, -0.25) is 4.79 Å². The summed E-state index contributed by atoms with van der Waals surface area (Å²) in [6.07, 6.45) is 6.73. The molecule has 20 heavy (non-hydrogen) atoms. The van der Waals surface area contributed by atoms with E-state index < -0.39 is 0 Å². The molecule has 0 saturated heterocycles. The summed E-state index contributed by atoms with van der Waals surface area (Å²) >= 11 is 0. The van der Waals surface area contributed by atoms with Gasteiger partial charge in [-0.25, -0.2) is 0 Å². The molecular weight excluding hydrogens is 246 g/mol. The molecule has 4 saturated carbocycles. The van der Waals surface area contributed by atoms with Crippen molar-refractivity contribution in [1.82, 2.24) is 4.98 Å². The maximum atomic E-state index is 13.1. The van der Waals surface area contributed by atoms with Gasteiger partial charge in [-0.05, 0) is 87.7 Å². The van der Waals surface area contributed by atoms with Crippen LogP contribution in [0, 0.1) is 50.4 Å². The molecule has 1 aromatic rings. The molecule has 108 valence electrons. The van der Waals surface area contributed by atoms with E-state index in [9.17, 15) is 4.79 Å². The van der Waals surface area contributed by atoms with E-state index in [4.69, 9.17) is 0 Å². The van der Waals surface area contributed by atoms with Crippen molar-refractivity contribution < 1.29 is 4.79 Å². The molecule has 0 amide bonds. The first-order valence-corrected chi connectivity index (χ1v) is 8.24. The van der Waals surface area contributed by atoms with Gasteiger partial charge in [-0.2, -0.15) is 0 Å². The minimum absolute atomic E-state index is 0.318. The summed E-state index contributed by atoms with van der Waals surface area (Å²) in [7, 11) is 0. The molecule has 0 atom stereocenters. The van der Waals surface area contributed by atoms with E-state index in [1.807, 2.05) is 0 Å². The van der Waals surface area contributed by atoms with Crippen LogP contribution in [0.25, 0.3) is 0 Å². The Bertz CT molecular complexity index is 540. The molecule has 4 aliphatic rings. The highest BCUT2D eigenvalue weighted by atomic mass is 16.1. The van der Waals surface area contributed by atoms with Crippen LogP contribution in [0.15, 0.2) is 0 Å². The predicted octanol–water partition coefficient (Wildman–Crippen LogP) is 4.19. The fourth-order valence-corrected chi connectivity index (χ4v) is 5.61. The second-order valence-electron chi connectivity index (χ2n) is 7.70. The molecule has 2 heteroatoms. The van der Waals surface area contributed by atoms with Gasteiger partial charge in [0.2, 0.25) is 0 Å². The zero-order valence-electron chi connectivity index (χ0n) is 12.8. The first-order chi connectivity index (χ1) is 9.54. The standard InChI is InChI=1S/C18H25NO/c1-9-10(2)17(19-11(9)3)18(20)16-14-5-12-4-13(7-14)8-15(16)6-12/h12-16,19H,4-8H2,1-3H3. The van der Waals surface area contributed by atoms with E-state index >= 15 is 0 Å². The molecule has 2 nitrogen and oxygen atoms in total. The molecule has 5 rings (SSSR count). The third-order valence-electron chi connectivity index (χ3n) is 6.59. The number of Topliss-reactive ketones (excluding diaryl/α,β-unsaturated/α-hetero) is 1. The first-order valence-electron chi connectivity index (χ1n) is 8.24. The number of hydrogen-bond donors (Lipinski definition) is 1. The number of aromatic amines is 1. The third-order valence-corrected chi connectivity index (χ3v) is 6.59. The average molecular weight is 271 g/mol. The monoisotopic (exact) mass is 271 g/mol. The largest absolute Gasteiger partial charge is 0.356 e. The second kappa shape index (κ2) is 4.22. The van der Waals surface area contributed by atoms with Crippen LogP contribution in [-0.2, 0) is 0 Å². The lowest BCUT2D eigenvalue weighted by molar-refractivity contribution is -0.0253. The molecule has 0 unspecified atom stereocenters. The van der Waals surface area contributed by atoms with Gasteiger partial charge in [-0.15, -0.1) is 0 Å². The molecule has 1 aromatic heterocycles. The van der Waals surface area contributed by atoms with Gasteiger partial charge in [0.05, 0.1) is 5.69 Å². The minimum atomic E-state index is 0.318. The second-order valence-corrected chi connectivity index (χ2v) is 7.70. The van der Waals surface area contributed by atoms with E-state index in [0.717, 1.165) is 23.2 Å². The molecule has 0 spiro atoms. The van der Waals surface area contributed by atoms with Crippen LogP contribution < -0.4 is 0 Å². The molecule has 0 aliphatic heterocycles. The number of aryl methyl sites for hydroxylation is 1. The summed E-state index contributed by atoms with van der Waals surface area (Å²) in [5, 5.41) is 0. The Morgan fingerprint density at radius 3 is 1.90 bits per heavy atom. The highest BCUT2D eigenvalue weighted by Gasteiger charge is 2.51. The van der Waals surface area contributed by atoms with Gasteiger partial charge in [-0.1, -0.05) is 0 Å². The highest BCUT2D eigenvalue weighted by molar-refractivity contribution is 5.98. The summed E-state index contributed by atoms with van der Waals surface area (Å²) in [5.41, 5.74) is 4.52. The van der Waals surface area contributed by atoms with Crippen LogP contribution in [0.1, 0.15) is 59.4 Å². The average Bonchev–Trinajstić information content (AvgIpc) is 2.65. The molecule has 4 aliphatic carbocycles. The Kier molecular flexibility index (Phi) is 2.68. The number of aromatic nitrogens is 1. The van der Waals surface area contributed by atoms with E-state index in [1.165, 1.54) is 43.2 Å². The SMILES string of the molecule is Cc1[nH]c(C(=O)C2C3CC4CC(C3)CC2C4)c(C)c1C. The predicted molar refractivity (Wildman–Crippen MR) is 79.9 cm³/mol. The van der Waals surface area contributed by atoms with Crippen molar-refractivity contribution in [3.8, 4) is 0 Å². The van der Waals surface area contributed by atoms with Gasteiger partial charge in [0, 0.05) is 11.6 Å². The van der Waals surface area contributed by atoms with Gasteiger partial charge in [0.1, 0.15) is 0 Å². The van der Waals surface area contributed by atoms with Crippen LogP contribution in [0.2, 0.25) is 0 Å². The number of carbonyl (C=O) groups is 1. The summed E-state index contributed by atoms with van der Waals surface area (Å²) < 4.78 is 0. The van der Waals surface area contributed by atoms with Crippen molar-refractivity contribution in [2.24, 2.45) is 29.6 Å². The zero-order valence-corrected chi connectivity index (χ0v) is 12.8. The molecule has 1 heterocycles. The molecule has 4 bridgehead atoms.